The lowest BCUT2D eigenvalue weighted by Gasteiger charge is -2.15. The van der Waals surface area contributed by atoms with E-state index in [2.05, 4.69) is 21.5 Å². The third kappa shape index (κ3) is 2.74. The molecule has 0 aromatic carbocycles. The van der Waals surface area contributed by atoms with Crippen LogP contribution in [-0.2, 0) is 0 Å². The van der Waals surface area contributed by atoms with Gasteiger partial charge in [-0.25, -0.2) is 9.67 Å². The number of likely N-dealkylation sites (tertiary alicyclic amines) is 1. The van der Waals surface area contributed by atoms with Crippen LogP contribution in [0.15, 0.2) is 30.7 Å². The van der Waals surface area contributed by atoms with E-state index >= 15 is 0 Å². The summed E-state index contributed by atoms with van der Waals surface area (Å²) in [5.74, 6) is 0.679. The molecule has 0 radical (unpaired) electrons. The van der Waals surface area contributed by atoms with Gasteiger partial charge in [0, 0.05) is 37.6 Å². The molecule has 3 aromatic heterocycles. The molecule has 0 bridgehead atoms. The highest BCUT2D eigenvalue weighted by Gasteiger charge is 2.32. The molecule has 1 saturated heterocycles. The molecule has 2 aliphatic rings. The van der Waals surface area contributed by atoms with Crippen LogP contribution in [0.25, 0.3) is 5.13 Å². The highest BCUT2D eigenvalue weighted by Crippen LogP contribution is 2.39. The lowest BCUT2D eigenvalue weighted by molar-refractivity contribution is 0.0790. The molecular formula is C18H20N6OS. The van der Waals surface area contributed by atoms with Gasteiger partial charge < -0.3 is 9.47 Å². The van der Waals surface area contributed by atoms with Crippen LogP contribution in [0.2, 0.25) is 0 Å². The molecule has 1 amide bonds. The minimum absolute atomic E-state index is 0.0726. The van der Waals surface area contributed by atoms with Gasteiger partial charge in [-0.1, -0.05) is 16.6 Å². The third-order valence-electron chi connectivity index (χ3n) is 5.15. The predicted molar refractivity (Wildman–Crippen MR) is 97.7 cm³/mol. The van der Waals surface area contributed by atoms with Crippen molar-refractivity contribution in [1.82, 2.24) is 29.4 Å². The van der Waals surface area contributed by atoms with Crippen molar-refractivity contribution in [2.24, 2.45) is 0 Å². The van der Waals surface area contributed by atoms with Crippen molar-refractivity contribution in [3.63, 3.8) is 0 Å². The minimum atomic E-state index is 0.0726. The van der Waals surface area contributed by atoms with E-state index < -0.39 is 0 Å². The maximum Gasteiger partial charge on any atom is 0.265 e. The Bertz CT molecular complexity index is 939. The Hall–Kier alpha value is -2.48. The molecule has 134 valence electrons. The Morgan fingerprint density at radius 3 is 2.81 bits per heavy atom. The molecule has 1 saturated carbocycles. The number of aryl methyl sites for hydroxylation is 1. The van der Waals surface area contributed by atoms with Crippen molar-refractivity contribution in [1.29, 1.82) is 0 Å². The summed E-state index contributed by atoms with van der Waals surface area (Å²) in [6.45, 7) is 3.34. The second-order valence-corrected chi connectivity index (χ2v) is 8.07. The molecule has 0 N–H and O–H groups in total. The Morgan fingerprint density at radius 1 is 1.23 bits per heavy atom. The first kappa shape index (κ1) is 15.7. The van der Waals surface area contributed by atoms with E-state index in [1.165, 1.54) is 24.2 Å². The molecule has 7 nitrogen and oxygen atoms in total. The average Bonchev–Trinajstić information content (AvgIpc) is 3.15. The summed E-state index contributed by atoms with van der Waals surface area (Å²) in [5, 5.41) is 9.42. The van der Waals surface area contributed by atoms with E-state index in [0.29, 0.717) is 12.5 Å². The Morgan fingerprint density at radius 2 is 2.04 bits per heavy atom. The fraction of sp³-hybridized carbons (Fsp3) is 0.444. The zero-order chi connectivity index (χ0) is 17.7. The van der Waals surface area contributed by atoms with Gasteiger partial charge in [-0.15, -0.1) is 5.10 Å². The van der Waals surface area contributed by atoms with E-state index in [1.54, 1.807) is 0 Å². The summed E-state index contributed by atoms with van der Waals surface area (Å²) in [4.78, 5) is 20.2. The first-order valence-corrected chi connectivity index (χ1v) is 9.82. The molecule has 26 heavy (non-hydrogen) atoms. The summed E-state index contributed by atoms with van der Waals surface area (Å²) in [6.07, 6.45) is 9.33. The van der Waals surface area contributed by atoms with Crippen LogP contribution in [0.5, 0.6) is 0 Å². The fourth-order valence-corrected chi connectivity index (χ4v) is 4.48. The molecular weight excluding hydrogens is 348 g/mol. The van der Waals surface area contributed by atoms with E-state index in [0.717, 1.165) is 34.4 Å². The van der Waals surface area contributed by atoms with Gasteiger partial charge in [0.2, 0.25) is 0 Å². The smallest absolute Gasteiger partial charge is 0.265 e. The van der Waals surface area contributed by atoms with Gasteiger partial charge in [0.05, 0.1) is 17.4 Å². The standard InChI is InChI=1S/C18H20N6OS/c1-12-16(26-18(19-12)22-7-2-3-8-22)17(25)23-9-6-14(10-23)24-11-15(20-21-24)13-4-5-13/h2-3,7-8,11,13-14H,4-6,9-10H2,1H3. The van der Waals surface area contributed by atoms with Crippen molar-refractivity contribution in [2.75, 3.05) is 13.1 Å². The molecule has 5 rings (SSSR count). The topological polar surface area (TPSA) is 68.8 Å². The molecule has 0 spiro atoms. The quantitative estimate of drug-likeness (QED) is 0.710. The number of thiazole rings is 1. The van der Waals surface area contributed by atoms with Gasteiger partial charge in [0.25, 0.3) is 5.91 Å². The Labute approximate surface area is 155 Å². The van der Waals surface area contributed by atoms with Gasteiger partial charge in [0.15, 0.2) is 5.13 Å². The van der Waals surface area contributed by atoms with Crippen LogP contribution in [0.4, 0.5) is 0 Å². The maximum absolute atomic E-state index is 13.0. The maximum atomic E-state index is 13.0. The van der Waals surface area contributed by atoms with Crippen LogP contribution < -0.4 is 0 Å². The van der Waals surface area contributed by atoms with E-state index in [4.69, 9.17) is 0 Å². The molecule has 4 heterocycles. The number of carbonyl (C=O) groups excluding carboxylic acids is 1. The van der Waals surface area contributed by atoms with Gasteiger partial charge in [-0.3, -0.25) is 4.79 Å². The highest BCUT2D eigenvalue weighted by atomic mass is 32.1. The number of aromatic nitrogens is 5. The summed E-state index contributed by atoms with van der Waals surface area (Å²) in [7, 11) is 0. The third-order valence-corrected chi connectivity index (χ3v) is 6.31. The summed E-state index contributed by atoms with van der Waals surface area (Å²) in [5.41, 5.74) is 1.90. The van der Waals surface area contributed by atoms with Crippen LogP contribution in [0.3, 0.4) is 0 Å². The number of rotatable bonds is 4. The zero-order valence-corrected chi connectivity index (χ0v) is 15.4. The SMILES string of the molecule is Cc1nc(-n2cccc2)sc1C(=O)N1CCC(n2cc(C3CC3)nn2)C1. The van der Waals surface area contributed by atoms with Crippen LogP contribution in [0.1, 0.15) is 52.3 Å². The first-order chi connectivity index (χ1) is 12.7. The summed E-state index contributed by atoms with van der Waals surface area (Å²) >= 11 is 1.45. The van der Waals surface area contributed by atoms with Gasteiger partial charge in [-0.05, 0) is 38.3 Å². The second-order valence-electron chi connectivity index (χ2n) is 7.09. The molecule has 1 unspecified atom stereocenters. The number of amides is 1. The predicted octanol–water partition coefficient (Wildman–Crippen LogP) is 2.80. The lowest BCUT2D eigenvalue weighted by atomic mass is 10.2. The van der Waals surface area contributed by atoms with Crippen molar-refractivity contribution in [3.8, 4) is 5.13 Å². The number of hydrogen-bond donors (Lipinski definition) is 0. The summed E-state index contributed by atoms with van der Waals surface area (Å²) < 4.78 is 3.89. The molecule has 2 fully saturated rings. The van der Waals surface area contributed by atoms with Crippen molar-refractivity contribution in [2.45, 2.75) is 38.1 Å². The number of hydrogen-bond acceptors (Lipinski definition) is 5. The Kier molecular flexibility index (Phi) is 3.66. The van der Waals surface area contributed by atoms with Gasteiger partial charge in [-0.2, -0.15) is 0 Å². The normalized spacial score (nSPS) is 20.0. The van der Waals surface area contributed by atoms with Crippen LogP contribution in [-0.4, -0.2) is 48.4 Å². The first-order valence-electron chi connectivity index (χ1n) is 9.01. The zero-order valence-electron chi connectivity index (χ0n) is 14.6. The molecule has 3 aromatic rings. The van der Waals surface area contributed by atoms with Gasteiger partial charge >= 0.3 is 0 Å². The van der Waals surface area contributed by atoms with Crippen LogP contribution >= 0.6 is 11.3 Å². The molecule has 1 atom stereocenters. The average molecular weight is 368 g/mol. The lowest BCUT2D eigenvalue weighted by Crippen LogP contribution is -2.29. The largest absolute Gasteiger partial charge is 0.336 e. The monoisotopic (exact) mass is 368 g/mol. The van der Waals surface area contributed by atoms with Gasteiger partial charge in [0.1, 0.15) is 4.88 Å². The van der Waals surface area contributed by atoms with Crippen LogP contribution in [0, 0.1) is 6.92 Å². The van der Waals surface area contributed by atoms with Crippen molar-refractivity contribution >= 4 is 17.2 Å². The fourth-order valence-electron chi connectivity index (χ4n) is 3.47. The molecule has 1 aliphatic heterocycles. The Balaban J connectivity index is 1.31. The van der Waals surface area contributed by atoms with Crippen molar-refractivity contribution < 1.29 is 4.79 Å². The highest BCUT2D eigenvalue weighted by molar-refractivity contribution is 7.16. The number of nitrogens with zero attached hydrogens (tertiary/aromatic N) is 6. The summed E-state index contributed by atoms with van der Waals surface area (Å²) in [6, 6.07) is 4.13. The molecule has 8 heteroatoms. The second kappa shape index (κ2) is 6.05. The molecule has 1 aliphatic carbocycles. The minimum Gasteiger partial charge on any atom is -0.336 e. The van der Waals surface area contributed by atoms with E-state index in [9.17, 15) is 4.79 Å². The van der Waals surface area contributed by atoms with Crippen molar-refractivity contribution in [3.05, 3.63) is 47.0 Å². The van der Waals surface area contributed by atoms with E-state index in [-0.39, 0.29) is 11.9 Å². The number of carbonyl (C=O) groups is 1. The van der Waals surface area contributed by atoms with E-state index in [1.807, 2.05) is 45.6 Å².